The molecule has 3 aliphatic rings. The zero-order valence-electron chi connectivity index (χ0n) is 21.3. The Morgan fingerprint density at radius 3 is 2.67 bits per heavy atom. The van der Waals surface area contributed by atoms with Crippen molar-refractivity contribution in [3.8, 4) is 0 Å². The van der Waals surface area contributed by atoms with Gasteiger partial charge >= 0.3 is 0 Å². The standard InChI is InChI=1S/C31H31BNO2S/c1-30(2,34)31(3,4)35-18-32-26-17-36-29-23-13-12-20(16-25(23)22-10-7-11-24(26)27(22)29)28-21-9-6-5-8-19(21)14-15-33-28/h5-11,14-17,29,34H,12-13,18H2,1-4H3. The summed E-state index contributed by atoms with van der Waals surface area (Å²) < 4.78 is 6.09. The third kappa shape index (κ3) is 3.89. The van der Waals surface area contributed by atoms with Gasteiger partial charge in [-0.15, -0.1) is 11.8 Å². The number of aromatic nitrogens is 1. The van der Waals surface area contributed by atoms with Crippen LogP contribution in [0, 0.1) is 0 Å². The van der Waals surface area contributed by atoms with E-state index in [-0.39, 0.29) is 0 Å². The summed E-state index contributed by atoms with van der Waals surface area (Å²) in [6.07, 6.45) is 6.42. The van der Waals surface area contributed by atoms with Crippen LogP contribution in [0.2, 0.25) is 0 Å². The molecule has 2 aliphatic carbocycles. The van der Waals surface area contributed by atoms with Crippen molar-refractivity contribution in [2.75, 3.05) is 6.51 Å². The summed E-state index contributed by atoms with van der Waals surface area (Å²) in [5, 5.41) is 15.6. The van der Waals surface area contributed by atoms with Crippen LogP contribution in [0.15, 0.2) is 71.8 Å². The zero-order valence-corrected chi connectivity index (χ0v) is 22.2. The third-order valence-corrected chi connectivity index (χ3v) is 9.33. The van der Waals surface area contributed by atoms with E-state index in [4.69, 9.17) is 9.72 Å². The summed E-state index contributed by atoms with van der Waals surface area (Å²) >= 11 is 1.91. The molecule has 1 radical (unpaired) electrons. The average molecular weight is 492 g/mol. The van der Waals surface area contributed by atoms with Gasteiger partial charge < -0.3 is 9.84 Å². The fraction of sp³-hybridized carbons (Fsp3) is 0.323. The maximum atomic E-state index is 10.4. The molecule has 1 unspecified atom stereocenters. The van der Waals surface area contributed by atoms with Crippen molar-refractivity contribution in [2.24, 2.45) is 0 Å². The van der Waals surface area contributed by atoms with E-state index in [1.54, 1.807) is 19.4 Å². The molecule has 1 N–H and O–H groups in total. The second kappa shape index (κ2) is 8.76. The van der Waals surface area contributed by atoms with Crippen LogP contribution in [-0.2, 0) is 4.74 Å². The molecule has 0 spiro atoms. The lowest BCUT2D eigenvalue weighted by Gasteiger charge is -2.37. The maximum Gasteiger partial charge on any atom is 0.187 e. The molecule has 0 saturated carbocycles. The Morgan fingerprint density at radius 2 is 1.83 bits per heavy atom. The van der Waals surface area contributed by atoms with Crippen LogP contribution in [0.3, 0.4) is 0 Å². The van der Waals surface area contributed by atoms with Gasteiger partial charge in [0, 0.05) is 18.1 Å². The Labute approximate surface area is 218 Å². The molecule has 36 heavy (non-hydrogen) atoms. The lowest BCUT2D eigenvalue weighted by Crippen LogP contribution is -2.47. The van der Waals surface area contributed by atoms with Crippen molar-refractivity contribution in [3.05, 3.63) is 94.2 Å². The average Bonchev–Trinajstić information content (AvgIpc) is 3.19. The molecular formula is C31H31BNO2S. The SMILES string of the molecule is CC(C)(O)C(C)(C)OC[B]C1=CSC2C3=C(C=C(c4nccc5ccccc45)CC3)c3cccc1c32. The first-order chi connectivity index (χ1) is 17.2. The summed E-state index contributed by atoms with van der Waals surface area (Å²) in [7, 11) is 2.16. The van der Waals surface area contributed by atoms with Crippen LogP contribution >= 0.6 is 11.8 Å². The van der Waals surface area contributed by atoms with Crippen LogP contribution < -0.4 is 0 Å². The minimum atomic E-state index is -0.915. The first-order valence-corrected chi connectivity index (χ1v) is 13.7. The smallest absolute Gasteiger partial charge is 0.187 e. The molecule has 1 aliphatic heterocycles. The number of rotatable bonds is 6. The second-order valence-electron chi connectivity index (χ2n) is 10.9. The van der Waals surface area contributed by atoms with Gasteiger partial charge in [-0.2, -0.15) is 0 Å². The van der Waals surface area contributed by atoms with Crippen molar-refractivity contribution in [1.82, 2.24) is 4.98 Å². The number of benzene rings is 2. The van der Waals surface area contributed by atoms with Crippen molar-refractivity contribution in [3.63, 3.8) is 0 Å². The summed E-state index contributed by atoms with van der Waals surface area (Å²) in [6, 6.07) is 17.3. The van der Waals surface area contributed by atoms with Gasteiger partial charge in [0.05, 0.1) is 22.1 Å². The highest BCUT2D eigenvalue weighted by atomic mass is 32.2. The van der Waals surface area contributed by atoms with E-state index in [2.05, 4.69) is 67.3 Å². The molecular weight excluding hydrogens is 461 g/mol. The summed E-state index contributed by atoms with van der Waals surface area (Å²) in [6.45, 7) is 7.93. The van der Waals surface area contributed by atoms with Gasteiger partial charge in [0.25, 0.3) is 0 Å². The monoisotopic (exact) mass is 492 g/mol. The van der Waals surface area contributed by atoms with Crippen molar-refractivity contribution < 1.29 is 9.84 Å². The molecule has 6 rings (SSSR count). The fourth-order valence-electron chi connectivity index (χ4n) is 5.37. The van der Waals surface area contributed by atoms with Crippen molar-refractivity contribution in [1.29, 1.82) is 0 Å². The van der Waals surface area contributed by atoms with Crippen LogP contribution in [0.4, 0.5) is 0 Å². The Morgan fingerprint density at radius 1 is 1.03 bits per heavy atom. The van der Waals surface area contributed by atoms with Crippen LogP contribution in [0.1, 0.15) is 68.2 Å². The first kappa shape index (κ1) is 23.8. The number of thioether (sulfide) groups is 1. The Hall–Kier alpha value is -2.60. The molecule has 3 nitrogen and oxygen atoms in total. The highest BCUT2D eigenvalue weighted by molar-refractivity contribution is 8.02. The molecule has 1 atom stereocenters. The Balaban J connectivity index is 1.31. The number of hydrogen-bond acceptors (Lipinski definition) is 4. The molecule has 0 saturated heterocycles. The van der Waals surface area contributed by atoms with Gasteiger partial charge in [-0.25, -0.2) is 0 Å². The van der Waals surface area contributed by atoms with E-state index in [9.17, 15) is 5.11 Å². The molecule has 5 heteroatoms. The summed E-state index contributed by atoms with van der Waals surface area (Å²) in [4.78, 5) is 4.81. The zero-order chi connectivity index (χ0) is 25.1. The lowest BCUT2D eigenvalue weighted by molar-refractivity contribution is -0.135. The fourth-order valence-corrected chi connectivity index (χ4v) is 6.67. The lowest BCUT2D eigenvalue weighted by atomic mass is 9.66. The quantitative estimate of drug-likeness (QED) is 0.370. The van der Waals surface area contributed by atoms with Gasteiger partial charge in [0.2, 0.25) is 0 Å². The van der Waals surface area contributed by atoms with E-state index in [1.807, 2.05) is 31.8 Å². The minimum absolute atomic E-state index is 0.385. The number of fused-ring (bicyclic) bond motifs is 3. The minimum Gasteiger partial charge on any atom is -0.387 e. The molecule has 3 aromatic rings. The molecule has 0 amide bonds. The number of allylic oxidation sites excluding steroid dienone is 3. The van der Waals surface area contributed by atoms with Crippen LogP contribution in [0.25, 0.3) is 27.4 Å². The summed E-state index contributed by atoms with van der Waals surface area (Å²) in [5.74, 6) is 0. The predicted molar refractivity (Wildman–Crippen MR) is 153 cm³/mol. The van der Waals surface area contributed by atoms with Crippen molar-refractivity contribution in [2.45, 2.75) is 57.0 Å². The van der Waals surface area contributed by atoms with Gasteiger partial charge in [-0.05, 0) is 96.9 Å². The Kier molecular flexibility index (Phi) is 5.79. The van der Waals surface area contributed by atoms with E-state index in [0.717, 1.165) is 18.5 Å². The van der Waals surface area contributed by atoms with Gasteiger partial charge in [0.1, 0.15) is 0 Å². The van der Waals surface area contributed by atoms with Crippen LogP contribution in [-0.4, -0.2) is 35.1 Å². The van der Waals surface area contributed by atoms with E-state index in [1.165, 1.54) is 44.1 Å². The largest absolute Gasteiger partial charge is 0.387 e. The summed E-state index contributed by atoms with van der Waals surface area (Å²) in [5.41, 5.74) is 9.12. The Bertz CT molecular complexity index is 1460. The number of ether oxygens (including phenoxy) is 1. The highest BCUT2D eigenvalue weighted by Gasteiger charge is 2.38. The van der Waals surface area contributed by atoms with Gasteiger partial charge in [-0.3, -0.25) is 4.98 Å². The van der Waals surface area contributed by atoms with E-state index >= 15 is 0 Å². The van der Waals surface area contributed by atoms with E-state index in [0.29, 0.717) is 11.8 Å². The predicted octanol–water partition coefficient (Wildman–Crippen LogP) is 7.19. The number of aliphatic hydroxyl groups is 1. The third-order valence-electron chi connectivity index (χ3n) is 8.14. The molecule has 0 fully saturated rings. The number of hydrogen-bond donors (Lipinski definition) is 1. The van der Waals surface area contributed by atoms with Crippen LogP contribution in [0.5, 0.6) is 0 Å². The highest BCUT2D eigenvalue weighted by Crippen LogP contribution is 2.57. The molecule has 2 heterocycles. The topological polar surface area (TPSA) is 42.4 Å². The van der Waals surface area contributed by atoms with E-state index < -0.39 is 11.2 Å². The maximum absolute atomic E-state index is 10.4. The molecule has 181 valence electrons. The van der Waals surface area contributed by atoms with Gasteiger partial charge in [-0.1, -0.05) is 47.9 Å². The number of nitrogens with zero attached hydrogens (tertiary/aromatic N) is 1. The first-order valence-electron chi connectivity index (χ1n) is 12.7. The van der Waals surface area contributed by atoms with Crippen molar-refractivity contribution >= 4 is 46.4 Å². The second-order valence-corrected chi connectivity index (χ2v) is 11.9. The number of pyridine rings is 1. The molecule has 1 aromatic heterocycles. The van der Waals surface area contributed by atoms with Gasteiger partial charge in [0.15, 0.2) is 7.28 Å². The molecule has 0 bridgehead atoms. The normalized spacial score (nSPS) is 19.1. The molecule has 2 aromatic carbocycles.